The molecule has 1 fully saturated rings. The third kappa shape index (κ3) is 4.40. The summed E-state index contributed by atoms with van der Waals surface area (Å²) in [7, 11) is -17.3. The van der Waals surface area contributed by atoms with Gasteiger partial charge in [0.2, 0.25) is 19.7 Å². The van der Waals surface area contributed by atoms with E-state index in [1.54, 1.807) is 0 Å². The molecular formula is C17H16F18O4S2. The number of alkyl halides is 18. The first kappa shape index (κ1) is 37.7. The fraction of sp³-hybridized carbons (Fsp3) is 1.00. The van der Waals surface area contributed by atoms with E-state index in [-0.39, 0.29) is 0 Å². The highest BCUT2D eigenvalue weighted by Gasteiger charge is 2.96. The minimum atomic E-state index is -8.64. The monoisotopic (exact) mass is 690 g/mol. The Bertz CT molecular complexity index is 1110. The molecule has 0 aromatic rings. The third-order valence-electron chi connectivity index (χ3n) is 6.36. The summed E-state index contributed by atoms with van der Waals surface area (Å²) < 4.78 is 288. The summed E-state index contributed by atoms with van der Waals surface area (Å²) in [6, 6.07) is 0. The van der Waals surface area contributed by atoms with Crippen molar-refractivity contribution in [2.45, 2.75) is 90.2 Å². The molecule has 0 aliphatic heterocycles. The lowest BCUT2D eigenvalue weighted by Gasteiger charge is -2.38. The number of sulfone groups is 2. The lowest BCUT2D eigenvalue weighted by Crippen LogP contribution is -2.69. The molecule has 0 N–H and O–H groups in total. The van der Waals surface area contributed by atoms with E-state index in [9.17, 15) is 95.9 Å². The van der Waals surface area contributed by atoms with Crippen molar-refractivity contribution in [3.8, 4) is 0 Å². The summed E-state index contributed by atoms with van der Waals surface area (Å²) in [4.78, 5) is 0. The summed E-state index contributed by atoms with van der Waals surface area (Å²) in [5, 5.41) is -16.2. The summed E-state index contributed by atoms with van der Waals surface area (Å²) in [6.07, 6.45) is -19.8. The van der Waals surface area contributed by atoms with E-state index in [4.69, 9.17) is 0 Å². The minimum absolute atomic E-state index is 0.765. The Labute approximate surface area is 218 Å². The maximum absolute atomic E-state index is 14.7. The van der Waals surface area contributed by atoms with Gasteiger partial charge in [0, 0.05) is 0 Å². The third-order valence-corrected chi connectivity index (χ3v) is 12.4. The van der Waals surface area contributed by atoms with Crippen LogP contribution < -0.4 is 0 Å². The molecule has 0 spiro atoms. The first-order chi connectivity index (χ1) is 17.6. The van der Waals surface area contributed by atoms with Crippen LogP contribution in [0, 0.1) is 11.8 Å². The Morgan fingerprint density at radius 2 is 0.683 bits per heavy atom. The Kier molecular flexibility index (Phi) is 9.03. The molecule has 246 valence electrons. The van der Waals surface area contributed by atoms with Gasteiger partial charge in [-0.1, -0.05) is 26.7 Å². The lowest BCUT2D eigenvalue weighted by atomic mass is 10.1. The van der Waals surface area contributed by atoms with E-state index < -0.39 is 108 Å². The maximum Gasteiger partial charge on any atom is 0.460 e. The topological polar surface area (TPSA) is 68.3 Å². The second-order valence-electron chi connectivity index (χ2n) is 8.85. The van der Waals surface area contributed by atoms with Crippen molar-refractivity contribution in [3.63, 3.8) is 0 Å². The average molecular weight is 690 g/mol. The minimum Gasteiger partial charge on any atom is -0.221 e. The van der Waals surface area contributed by atoms with Gasteiger partial charge in [-0.05, 0) is 24.7 Å². The smallest absolute Gasteiger partial charge is 0.221 e. The molecule has 24 heteroatoms. The zero-order valence-corrected chi connectivity index (χ0v) is 21.4. The van der Waals surface area contributed by atoms with Crippen molar-refractivity contribution in [2.75, 3.05) is 0 Å². The molecule has 4 nitrogen and oxygen atoms in total. The van der Waals surface area contributed by atoms with Crippen LogP contribution in [0.2, 0.25) is 0 Å². The lowest BCUT2D eigenvalue weighted by molar-refractivity contribution is -0.382. The van der Waals surface area contributed by atoms with Crippen LogP contribution in [0.1, 0.15) is 39.5 Å². The van der Waals surface area contributed by atoms with E-state index in [2.05, 4.69) is 0 Å². The summed E-state index contributed by atoms with van der Waals surface area (Å²) in [6.45, 7) is 1.67. The molecule has 0 heterocycles. The second-order valence-corrected chi connectivity index (χ2v) is 13.5. The van der Waals surface area contributed by atoms with E-state index in [1.165, 1.54) is 0 Å². The highest BCUT2D eigenvalue weighted by Crippen LogP contribution is 2.72. The van der Waals surface area contributed by atoms with Crippen molar-refractivity contribution in [2.24, 2.45) is 11.8 Å². The molecule has 0 radical (unpaired) electrons. The molecule has 0 unspecified atom stereocenters. The van der Waals surface area contributed by atoms with Crippen LogP contribution in [0.4, 0.5) is 79.0 Å². The Hall–Kier alpha value is -1.36. The van der Waals surface area contributed by atoms with Gasteiger partial charge < -0.3 is 0 Å². The first-order valence-corrected chi connectivity index (χ1v) is 13.5. The molecular weight excluding hydrogens is 674 g/mol. The van der Waals surface area contributed by atoms with Crippen LogP contribution in [0.25, 0.3) is 0 Å². The molecule has 1 rings (SSSR count). The van der Waals surface area contributed by atoms with Gasteiger partial charge in [0.05, 0.1) is 0 Å². The van der Waals surface area contributed by atoms with Crippen molar-refractivity contribution >= 4 is 19.7 Å². The molecule has 0 bridgehead atoms. The van der Waals surface area contributed by atoms with Gasteiger partial charge in [0.25, 0.3) is 0 Å². The fourth-order valence-electron chi connectivity index (χ4n) is 4.31. The van der Waals surface area contributed by atoms with Gasteiger partial charge in [0.1, 0.15) is 0 Å². The molecule has 0 aromatic carbocycles. The van der Waals surface area contributed by atoms with Gasteiger partial charge >= 0.3 is 46.6 Å². The SMILES string of the molecule is CCC[C@@H]1[C@H](CCC)C1(S(=O)(=O)C(F)(F)C(F)(F)C(F)(F)C(F)(F)F)S(=O)(=O)C(F)(F)C(F)(F)C(F)(F)C(F)(F)F. The van der Waals surface area contributed by atoms with Crippen molar-refractivity contribution in [1.29, 1.82) is 0 Å². The van der Waals surface area contributed by atoms with Crippen LogP contribution in [0.3, 0.4) is 0 Å². The van der Waals surface area contributed by atoms with Crippen molar-refractivity contribution in [1.82, 2.24) is 0 Å². The molecule has 41 heavy (non-hydrogen) atoms. The summed E-state index contributed by atoms with van der Waals surface area (Å²) >= 11 is 0. The number of hydrogen-bond donors (Lipinski definition) is 0. The molecule has 1 aliphatic rings. The molecule has 0 aromatic heterocycles. The molecule has 0 saturated heterocycles. The van der Waals surface area contributed by atoms with Gasteiger partial charge in [0.15, 0.2) is 4.08 Å². The predicted octanol–water partition coefficient (Wildman–Crippen LogP) is 7.21. The Morgan fingerprint density at radius 3 is 0.854 bits per heavy atom. The number of halogens is 18. The van der Waals surface area contributed by atoms with E-state index in [0.717, 1.165) is 13.8 Å². The first-order valence-electron chi connectivity index (χ1n) is 10.5. The van der Waals surface area contributed by atoms with E-state index >= 15 is 0 Å². The van der Waals surface area contributed by atoms with E-state index in [1.807, 2.05) is 0 Å². The van der Waals surface area contributed by atoms with Crippen LogP contribution in [0.5, 0.6) is 0 Å². The van der Waals surface area contributed by atoms with Crippen LogP contribution in [-0.2, 0) is 19.7 Å². The molecule has 2 atom stereocenters. The zero-order valence-electron chi connectivity index (χ0n) is 19.7. The van der Waals surface area contributed by atoms with E-state index in [0.29, 0.717) is 0 Å². The zero-order chi connectivity index (χ0) is 33.5. The largest absolute Gasteiger partial charge is 0.460 e. The van der Waals surface area contributed by atoms with Crippen LogP contribution in [-0.4, -0.2) is 67.5 Å². The Morgan fingerprint density at radius 1 is 0.463 bits per heavy atom. The normalized spacial score (nSPS) is 22.1. The highest BCUT2D eigenvalue weighted by atomic mass is 32.3. The van der Waals surface area contributed by atoms with Crippen molar-refractivity contribution < 1.29 is 95.9 Å². The number of rotatable bonds is 12. The quantitative estimate of drug-likeness (QED) is 0.203. The number of hydrogen-bond acceptors (Lipinski definition) is 4. The van der Waals surface area contributed by atoms with Gasteiger partial charge in [-0.3, -0.25) is 0 Å². The van der Waals surface area contributed by atoms with Gasteiger partial charge in [-0.2, -0.15) is 79.0 Å². The fourth-order valence-corrected chi connectivity index (χ4v) is 10.4. The second kappa shape index (κ2) is 9.83. The maximum atomic E-state index is 14.7. The van der Waals surface area contributed by atoms with Gasteiger partial charge in [-0.25, -0.2) is 16.8 Å². The summed E-state index contributed by atoms with van der Waals surface area (Å²) in [5.41, 5.74) is 0. The average Bonchev–Trinajstić information content (AvgIpc) is 3.40. The Balaban J connectivity index is 4.31. The molecule has 0 amide bonds. The standard InChI is InChI=1S/C17H16F18O4S2/c1-3-5-7-8(6-4-2)9(7,40(36,37)16(32,33)12(22,23)10(18,19)14(26,27)28)41(38,39)17(34,35)13(24,25)11(20,21)15(29,30)31/h7-8H,3-6H2,1-2H3/t7-,8+. The predicted molar refractivity (Wildman–Crippen MR) is 99.2 cm³/mol. The summed E-state index contributed by atoms with van der Waals surface area (Å²) in [5.74, 6) is -38.9. The molecule has 1 aliphatic carbocycles. The molecule has 1 saturated carbocycles. The van der Waals surface area contributed by atoms with Crippen LogP contribution in [0.15, 0.2) is 0 Å². The van der Waals surface area contributed by atoms with Crippen LogP contribution >= 0.6 is 0 Å². The highest BCUT2D eigenvalue weighted by molar-refractivity contribution is 8.11. The van der Waals surface area contributed by atoms with Gasteiger partial charge in [-0.15, -0.1) is 0 Å². The van der Waals surface area contributed by atoms with Crippen molar-refractivity contribution in [3.05, 3.63) is 0 Å².